The number of hydrogen-bond donors (Lipinski definition) is 0. The first-order valence-electron chi connectivity index (χ1n) is 9.21. The molecule has 29 heavy (non-hydrogen) atoms. The molecular weight excluding hydrogens is 400 g/mol. The van der Waals surface area contributed by atoms with E-state index in [1.165, 1.54) is 37.3 Å². The van der Waals surface area contributed by atoms with Gasteiger partial charge in [-0.05, 0) is 43.3 Å². The number of halogens is 2. The van der Waals surface area contributed by atoms with Gasteiger partial charge in [-0.2, -0.15) is 0 Å². The van der Waals surface area contributed by atoms with Gasteiger partial charge in [0, 0.05) is 31.9 Å². The molecule has 9 heteroatoms. The molecule has 2 aromatic rings. The summed E-state index contributed by atoms with van der Waals surface area (Å²) in [5.74, 6) is -1.42. The number of anilines is 2. The van der Waals surface area contributed by atoms with Gasteiger partial charge in [0.1, 0.15) is 17.7 Å². The van der Waals surface area contributed by atoms with Crippen molar-refractivity contribution in [2.24, 2.45) is 0 Å². The van der Waals surface area contributed by atoms with Gasteiger partial charge in [-0.15, -0.1) is 0 Å². The average Bonchev–Trinajstić information content (AvgIpc) is 2.69. The van der Waals surface area contributed by atoms with Crippen molar-refractivity contribution in [2.45, 2.75) is 13.0 Å². The largest absolute Gasteiger partial charge is 0.368 e. The summed E-state index contributed by atoms with van der Waals surface area (Å²) in [5, 5.41) is 0. The Kier molecular flexibility index (Phi) is 6.07. The SMILES string of the molecule is C[C@H](C(=O)N1CCN(c2ccc(F)cc2)CC1)N(c1ccccc1F)S(C)(=O)=O. The van der Waals surface area contributed by atoms with Crippen molar-refractivity contribution in [2.75, 3.05) is 41.6 Å². The molecule has 0 spiro atoms. The van der Waals surface area contributed by atoms with E-state index in [-0.39, 0.29) is 11.5 Å². The molecule has 6 nitrogen and oxygen atoms in total. The lowest BCUT2D eigenvalue weighted by Gasteiger charge is -2.39. The third-order valence-electron chi connectivity index (χ3n) is 4.94. The van der Waals surface area contributed by atoms with Gasteiger partial charge >= 0.3 is 0 Å². The van der Waals surface area contributed by atoms with Crippen LogP contribution in [0.15, 0.2) is 48.5 Å². The van der Waals surface area contributed by atoms with Crippen LogP contribution in [-0.4, -0.2) is 57.7 Å². The first kappa shape index (κ1) is 21.0. The maximum absolute atomic E-state index is 14.2. The molecule has 0 saturated carbocycles. The van der Waals surface area contributed by atoms with Crippen molar-refractivity contribution >= 4 is 27.3 Å². The summed E-state index contributed by atoms with van der Waals surface area (Å²) in [4.78, 5) is 16.6. The van der Waals surface area contributed by atoms with Gasteiger partial charge in [0.25, 0.3) is 0 Å². The molecule has 2 aromatic carbocycles. The topological polar surface area (TPSA) is 60.9 Å². The minimum absolute atomic E-state index is 0.152. The Hall–Kier alpha value is -2.68. The van der Waals surface area contributed by atoms with Crippen molar-refractivity contribution in [3.63, 3.8) is 0 Å². The van der Waals surface area contributed by atoms with E-state index >= 15 is 0 Å². The van der Waals surface area contributed by atoms with E-state index < -0.39 is 27.8 Å². The van der Waals surface area contributed by atoms with Crippen LogP contribution in [0.5, 0.6) is 0 Å². The van der Waals surface area contributed by atoms with Crippen molar-refractivity contribution < 1.29 is 22.0 Å². The van der Waals surface area contributed by atoms with Crippen LogP contribution < -0.4 is 9.21 Å². The van der Waals surface area contributed by atoms with E-state index in [1.54, 1.807) is 17.0 Å². The van der Waals surface area contributed by atoms with Gasteiger partial charge in [0.05, 0.1) is 11.9 Å². The molecule has 0 unspecified atom stereocenters. The van der Waals surface area contributed by atoms with Gasteiger partial charge < -0.3 is 9.80 Å². The second-order valence-electron chi connectivity index (χ2n) is 6.97. The van der Waals surface area contributed by atoms with Crippen molar-refractivity contribution in [1.29, 1.82) is 0 Å². The Morgan fingerprint density at radius 1 is 1.00 bits per heavy atom. The summed E-state index contributed by atoms with van der Waals surface area (Å²) in [5.41, 5.74) is 0.705. The number of benzene rings is 2. The predicted molar refractivity (Wildman–Crippen MR) is 108 cm³/mol. The molecule has 1 heterocycles. The number of hydrogen-bond acceptors (Lipinski definition) is 4. The minimum Gasteiger partial charge on any atom is -0.368 e. The number of para-hydroxylation sites is 1. The monoisotopic (exact) mass is 423 g/mol. The highest BCUT2D eigenvalue weighted by Gasteiger charge is 2.34. The summed E-state index contributed by atoms with van der Waals surface area (Å²) in [6.07, 6.45) is 0.954. The van der Waals surface area contributed by atoms with Crippen LogP contribution in [0, 0.1) is 11.6 Å². The quantitative estimate of drug-likeness (QED) is 0.741. The summed E-state index contributed by atoms with van der Waals surface area (Å²) in [7, 11) is -3.88. The first-order valence-corrected chi connectivity index (χ1v) is 11.1. The van der Waals surface area contributed by atoms with Gasteiger partial charge in [-0.1, -0.05) is 12.1 Å². The van der Waals surface area contributed by atoms with Crippen molar-refractivity contribution in [3.8, 4) is 0 Å². The number of amides is 1. The van der Waals surface area contributed by atoms with Crippen molar-refractivity contribution in [3.05, 3.63) is 60.2 Å². The highest BCUT2D eigenvalue weighted by molar-refractivity contribution is 7.92. The maximum Gasteiger partial charge on any atom is 0.246 e. The average molecular weight is 423 g/mol. The molecular formula is C20H23F2N3O3S. The molecule has 0 bridgehead atoms. The van der Waals surface area contributed by atoms with E-state index in [1.807, 2.05) is 4.90 Å². The van der Waals surface area contributed by atoms with E-state index in [9.17, 15) is 22.0 Å². The molecule has 1 atom stereocenters. The molecule has 1 aliphatic heterocycles. The molecule has 1 amide bonds. The number of piperazine rings is 1. The molecule has 156 valence electrons. The molecule has 0 aromatic heterocycles. The van der Waals surface area contributed by atoms with Crippen LogP contribution in [0.4, 0.5) is 20.2 Å². The Morgan fingerprint density at radius 2 is 1.59 bits per heavy atom. The van der Waals surface area contributed by atoms with E-state index in [0.29, 0.717) is 26.2 Å². The lowest BCUT2D eigenvalue weighted by Crippen LogP contribution is -2.55. The summed E-state index contributed by atoms with van der Waals surface area (Å²) in [6, 6.07) is 10.5. The van der Waals surface area contributed by atoms with Crippen LogP contribution in [0.1, 0.15) is 6.92 Å². The number of carbonyl (C=O) groups is 1. The second-order valence-corrected chi connectivity index (χ2v) is 8.83. The lowest BCUT2D eigenvalue weighted by molar-refractivity contribution is -0.132. The number of carbonyl (C=O) groups excluding carboxylic acids is 1. The minimum atomic E-state index is -3.88. The summed E-state index contributed by atoms with van der Waals surface area (Å²) >= 11 is 0. The fraction of sp³-hybridized carbons (Fsp3) is 0.350. The van der Waals surface area contributed by atoms with E-state index in [0.717, 1.165) is 22.3 Å². The number of rotatable bonds is 5. The summed E-state index contributed by atoms with van der Waals surface area (Å²) < 4.78 is 52.8. The van der Waals surface area contributed by atoms with Crippen LogP contribution >= 0.6 is 0 Å². The molecule has 0 radical (unpaired) electrons. The van der Waals surface area contributed by atoms with Gasteiger partial charge in [-0.25, -0.2) is 17.2 Å². The van der Waals surface area contributed by atoms with Gasteiger partial charge in [-0.3, -0.25) is 9.10 Å². The fourth-order valence-electron chi connectivity index (χ4n) is 3.51. The van der Waals surface area contributed by atoms with Crippen LogP contribution in [0.2, 0.25) is 0 Å². The molecule has 1 fully saturated rings. The highest BCUT2D eigenvalue weighted by Crippen LogP contribution is 2.25. The number of sulfonamides is 1. The predicted octanol–water partition coefficient (Wildman–Crippen LogP) is 2.47. The summed E-state index contributed by atoms with van der Waals surface area (Å²) in [6.45, 7) is 3.29. The zero-order valence-electron chi connectivity index (χ0n) is 16.3. The Morgan fingerprint density at radius 3 is 2.14 bits per heavy atom. The smallest absolute Gasteiger partial charge is 0.246 e. The van der Waals surface area contributed by atoms with Crippen LogP contribution in [0.3, 0.4) is 0 Å². The number of nitrogens with zero attached hydrogens (tertiary/aromatic N) is 3. The Bertz CT molecular complexity index is 975. The van der Waals surface area contributed by atoms with Gasteiger partial charge in [0.2, 0.25) is 15.9 Å². The zero-order chi connectivity index (χ0) is 21.2. The fourth-order valence-corrected chi connectivity index (χ4v) is 4.68. The molecule has 0 N–H and O–H groups in total. The van der Waals surface area contributed by atoms with Crippen LogP contribution in [-0.2, 0) is 14.8 Å². The first-order chi connectivity index (χ1) is 13.7. The zero-order valence-corrected chi connectivity index (χ0v) is 17.1. The third kappa shape index (κ3) is 4.67. The van der Waals surface area contributed by atoms with Crippen molar-refractivity contribution in [1.82, 2.24) is 4.90 Å². The molecule has 1 aliphatic rings. The van der Waals surface area contributed by atoms with Gasteiger partial charge in [0.15, 0.2) is 0 Å². The molecule has 1 saturated heterocycles. The third-order valence-corrected chi connectivity index (χ3v) is 6.17. The highest BCUT2D eigenvalue weighted by atomic mass is 32.2. The second kappa shape index (κ2) is 8.36. The molecule has 3 rings (SSSR count). The standard InChI is InChI=1S/C20H23F2N3O3S/c1-15(25(29(2,27)28)19-6-4-3-5-18(19)22)20(26)24-13-11-23(12-14-24)17-9-7-16(21)8-10-17/h3-10,15H,11-14H2,1-2H3/t15-/m1/s1. The van der Waals surface area contributed by atoms with Crippen LogP contribution in [0.25, 0.3) is 0 Å². The van der Waals surface area contributed by atoms with E-state index in [4.69, 9.17) is 0 Å². The molecule has 0 aliphatic carbocycles. The maximum atomic E-state index is 14.2. The Balaban J connectivity index is 1.74. The van der Waals surface area contributed by atoms with E-state index in [2.05, 4.69) is 0 Å². The Labute approximate surface area is 169 Å². The lowest BCUT2D eigenvalue weighted by atomic mass is 10.2. The normalized spacial score (nSPS) is 15.9.